The van der Waals surface area contributed by atoms with Crippen molar-refractivity contribution < 1.29 is 17.7 Å². The van der Waals surface area contributed by atoms with Gasteiger partial charge in [0.05, 0.1) is 10.0 Å². The summed E-state index contributed by atoms with van der Waals surface area (Å²) >= 11 is 12.3. The molecule has 4 nitrogen and oxygen atoms in total. The third-order valence-electron chi connectivity index (χ3n) is 4.31. The monoisotopic (exact) mass is 406 g/mol. The number of para-hydroxylation sites is 1. The van der Waals surface area contributed by atoms with Crippen molar-refractivity contribution in [3.05, 3.63) is 87.4 Å². The van der Waals surface area contributed by atoms with Crippen molar-refractivity contribution in [2.75, 3.05) is 0 Å². The van der Waals surface area contributed by atoms with E-state index in [1.807, 2.05) is 48.5 Å². The summed E-state index contributed by atoms with van der Waals surface area (Å²) in [7, 11) is -4.64. The van der Waals surface area contributed by atoms with Crippen LogP contribution in [0.1, 0.15) is 22.6 Å². The number of ether oxygens (including phenoxy) is 1. The van der Waals surface area contributed by atoms with Gasteiger partial charge in [-0.3, -0.25) is 4.55 Å². The van der Waals surface area contributed by atoms with Gasteiger partial charge in [0, 0.05) is 23.1 Å². The molecular weight excluding hydrogens is 395 g/mol. The predicted molar refractivity (Wildman–Crippen MR) is 100 cm³/mol. The Morgan fingerprint density at radius 3 is 2.27 bits per heavy atom. The van der Waals surface area contributed by atoms with Crippen molar-refractivity contribution >= 4 is 33.3 Å². The van der Waals surface area contributed by atoms with Crippen molar-refractivity contribution in [1.82, 2.24) is 0 Å². The fourth-order valence-corrected chi connectivity index (χ4v) is 4.81. The molecule has 26 heavy (non-hydrogen) atoms. The maximum absolute atomic E-state index is 12.1. The molecule has 1 aliphatic rings. The number of hydrogen-bond donors (Lipinski definition) is 1. The summed E-state index contributed by atoms with van der Waals surface area (Å²) in [5.74, 6) is 0.357. The van der Waals surface area contributed by atoms with E-state index >= 15 is 0 Å². The lowest BCUT2D eigenvalue weighted by atomic mass is 9.82. The van der Waals surface area contributed by atoms with E-state index in [0.29, 0.717) is 5.75 Å². The van der Waals surface area contributed by atoms with Gasteiger partial charge in [-0.15, -0.1) is 0 Å². The summed E-state index contributed by atoms with van der Waals surface area (Å²) in [6.07, 6.45) is 0. The van der Waals surface area contributed by atoms with Crippen LogP contribution in [0.25, 0.3) is 0 Å². The van der Waals surface area contributed by atoms with Gasteiger partial charge in [-0.1, -0.05) is 71.7 Å². The first-order valence-electron chi connectivity index (χ1n) is 7.69. The summed E-state index contributed by atoms with van der Waals surface area (Å²) < 4.78 is 40.0. The van der Waals surface area contributed by atoms with Gasteiger partial charge in [-0.25, -0.2) is 0 Å². The first-order chi connectivity index (χ1) is 12.4. The molecule has 0 bridgehead atoms. The molecule has 4 rings (SSSR count). The van der Waals surface area contributed by atoms with E-state index < -0.39 is 20.9 Å². The molecule has 132 valence electrons. The molecule has 0 saturated heterocycles. The number of benzene rings is 3. The van der Waals surface area contributed by atoms with E-state index in [-0.39, 0.29) is 21.4 Å². The van der Waals surface area contributed by atoms with Gasteiger partial charge >= 0.3 is 0 Å². The molecule has 3 aromatic rings. The van der Waals surface area contributed by atoms with E-state index in [0.717, 1.165) is 11.1 Å². The number of fused-ring (bicyclic) bond motifs is 2. The van der Waals surface area contributed by atoms with E-state index in [1.54, 1.807) is 6.07 Å². The van der Waals surface area contributed by atoms with Crippen LogP contribution >= 0.6 is 23.2 Å². The number of rotatable bonds is 2. The molecule has 0 amide bonds. The summed E-state index contributed by atoms with van der Waals surface area (Å²) in [6, 6.07) is 18.1. The zero-order valence-corrected chi connectivity index (χ0v) is 15.5. The van der Waals surface area contributed by atoms with Crippen LogP contribution < -0.4 is 4.74 Å². The lowest BCUT2D eigenvalue weighted by Gasteiger charge is -2.30. The second-order valence-corrected chi connectivity index (χ2v) is 8.02. The minimum atomic E-state index is -4.64. The van der Waals surface area contributed by atoms with Crippen LogP contribution in [-0.4, -0.2) is 13.0 Å². The predicted octanol–water partition coefficient (Wildman–Crippen LogP) is 5.53. The summed E-state index contributed by atoms with van der Waals surface area (Å²) in [4.78, 5) is -0.426. The Balaban J connectivity index is 2.13. The van der Waals surface area contributed by atoms with Crippen molar-refractivity contribution in [2.45, 2.75) is 10.8 Å². The van der Waals surface area contributed by atoms with Crippen LogP contribution in [0.15, 0.2) is 65.6 Å². The quantitative estimate of drug-likeness (QED) is 0.444. The maximum atomic E-state index is 12.1. The van der Waals surface area contributed by atoms with E-state index in [2.05, 4.69) is 0 Å². The normalized spacial score (nSPS) is 15.7. The van der Waals surface area contributed by atoms with Crippen LogP contribution in [0.2, 0.25) is 10.0 Å². The molecule has 0 aromatic heterocycles. The third-order valence-corrected chi connectivity index (χ3v) is 6.15. The standard InChI is InChI=1S/C19H12Cl2O4S/c20-13-10-15-17(19(18(13)21)26(22,23)24)16(11-6-2-1-3-7-11)12-8-4-5-9-14(12)25-15/h1-10,16H,(H,22,23,24). The van der Waals surface area contributed by atoms with Crippen LogP contribution in [0, 0.1) is 0 Å². The van der Waals surface area contributed by atoms with Gasteiger partial charge in [-0.05, 0) is 11.6 Å². The lowest BCUT2D eigenvalue weighted by Crippen LogP contribution is -2.16. The van der Waals surface area contributed by atoms with Crippen molar-refractivity contribution in [2.24, 2.45) is 0 Å². The van der Waals surface area contributed by atoms with Gasteiger partial charge in [0.15, 0.2) is 0 Å². The number of hydrogen-bond acceptors (Lipinski definition) is 3. The highest BCUT2D eigenvalue weighted by molar-refractivity contribution is 7.86. The highest BCUT2D eigenvalue weighted by atomic mass is 35.5. The second kappa shape index (κ2) is 6.28. The Labute approximate surface area is 160 Å². The molecule has 0 saturated carbocycles. The van der Waals surface area contributed by atoms with Crippen molar-refractivity contribution in [1.29, 1.82) is 0 Å². The van der Waals surface area contributed by atoms with Crippen molar-refractivity contribution in [3.63, 3.8) is 0 Å². The molecule has 7 heteroatoms. The highest BCUT2D eigenvalue weighted by Crippen LogP contribution is 2.52. The molecule has 1 heterocycles. The Bertz CT molecular complexity index is 1110. The van der Waals surface area contributed by atoms with Crippen LogP contribution in [0.4, 0.5) is 0 Å². The Kier molecular flexibility index (Phi) is 4.20. The molecule has 1 aliphatic heterocycles. The smallest absolute Gasteiger partial charge is 0.296 e. The highest BCUT2D eigenvalue weighted by Gasteiger charge is 2.36. The Morgan fingerprint density at radius 2 is 1.58 bits per heavy atom. The first kappa shape index (κ1) is 17.4. The fraction of sp³-hybridized carbons (Fsp3) is 0.0526. The topological polar surface area (TPSA) is 63.6 Å². The molecule has 0 spiro atoms. The molecule has 0 radical (unpaired) electrons. The SMILES string of the molecule is O=S(=O)(O)c1c(Cl)c(Cl)cc2c1C(c1ccccc1)c1ccccc1O2. The van der Waals surface area contributed by atoms with E-state index in [1.165, 1.54) is 6.07 Å². The van der Waals surface area contributed by atoms with Crippen LogP contribution in [-0.2, 0) is 10.1 Å². The van der Waals surface area contributed by atoms with Crippen LogP contribution in [0.5, 0.6) is 11.5 Å². The second-order valence-electron chi connectivity index (χ2n) is 5.87. The Morgan fingerprint density at radius 1 is 0.923 bits per heavy atom. The Hall–Kier alpha value is -2.05. The molecule has 0 fully saturated rings. The lowest BCUT2D eigenvalue weighted by molar-refractivity contribution is 0.444. The average molecular weight is 407 g/mol. The minimum Gasteiger partial charge on any atom is -0.457 e. The first-order valence-corrected chi connectivity index (χ1v) is 9.88. The van der Waals surface area contributed by atoms with Gasteiger partial charge in [0.1, 0.15) is 16.4 Å². The number of halogens is 2. The molecule has 3 aromatic carbocycles. The van der Waals surface area contributed by atoms with Gasteiger partial charge in [0.25, 0.3) is 10.1 Å². The molecule has 1 atom stereocenters. The molecular formula is C19H12Cl2O4S. The zero-order chi connectivity index (χ0) is 18.5. The third kappa shape index (κ3) is 2.77. The largest absolute Gasteiger partial charge is 0.457 e. The van der Waals surface area contributed by atoms with Gasteiger partial charge in [-0.2, -0.15) is 8.42 Å². The maximum Gasteiger partial charge on any atom is 0.296 e. The van der Waals surface area contributed by atoms with Gasteiger partial charge < -0.3 is 4.74 Å². The summed E-state index contributed by atoms with van der Waals surface area (Å²) in [5.41, 5.74) is 1.88. The zero-order valence-electron chi connectivity index (χ0n) is 13.2. The average Bonchev–Trinajstić information content (AvgIpc) is 2.60. The minimum absolute atomic E-state index is 0.00997. The summed E-state index contributed by atoms with van der Waals surface area (Å²) in [6.45, 7) is 0. The molecule has 1 N–H and O–H groups in total. The van der Waals surface area contributed by atoms with Crippen LogP contribution in [0.3, 0.4) is 0 Å². The van der Waals surface area contributed by atoms with E-state index in [4.69, 9.17) is 27.9 Å². The molecule has 0 aliphatic carbocycles. The van der Waals surface area contributed by atoms with Crippen molar-refractivity contribution in [3.8, 4) is 11.5 Å². The van der Waals surface area contributed by atoms with Gasteiger partial charge in [0.2, 0.25) is 0 Å². The fourth-order valence-electron chi connectivity index (χ4n) is 3.28. The molecule has 1 unspecified atom stereocenters. The van der Waals surface area contributed by atoms with E-state index in [9.17, 15) is 13.0 Å². The summed E-state index contributed by atoms with van der Waals surface area (Å²) in [5, 5.41) is -0.235.